The standard InChI is InChI=1S/C29H41N7O4/c1-19(2)22-16-23(25(38)17-24(22)37)29-35(11-10-33-8-6-20(3)7-9-33)32-28(27(30)39)36(29)21-4-5-26(31-18-21)34-12-14-40-15-13-34/h4-5,16-20,29,37-38H,6-15H2,1-3H3,(H2,30,39). The molecule has 0 aliphatic carbocycles. The van der Waals surface area contributed by atoms with Gasteiger partial charge in [0.2, 0.25) is 5.84 Å². The van der Waals surface area contributed by atoms with E-state index in [4.69, 9.17) is 20.6 Å². The van der Waals surface area contributed by atoms with Gasteiger partial charge < -0.3 is 30.5 Å². The van der Waals surface area contributed by atoms with Gasteiger partial charge in [-0.05, 0) is 61.5 Å². The van der Waals surface area contributed by atoms with Crippen LogP contribution in [0.4, 0.5) is 11.5 Å². The van der Waals surface area contributed by atoms with Crippen LogP contribution in [-0.4, -0.2) is 89.3 Å². The molecular formula is C29H41N7O4. The van der Waals surface area contributed by atoms with Crippen LogP contribution in [0.2, 0.25) is 0 Å². The van der Waals surface area contributed by atoms with E-state index in [-0.39, 0.29) is 23.3 Å². The summed E-state index contributed by atoms with van der Waals surface area (Å²) in [4.78, 5) is 23.8. The number of carbonyl (C=O) groups is 1. The van der Waals surface area contributed by atoms with Gasteiger partial charge in [0.25, 0.3) is 5.91 Å². The predicted molar refractivity (Wildman–Crippen MR) is 155 cm³/mol. The first-order valence-electron chi connectivity index (χ1n) is 14.2. The number of nitrogens with two attached hydrogens (primary N) is 1. The maximum atomic E-state index is 12.7. The minimum absolute atomic E-state index is 0.0176. The molecule has 40 heavy (non-hydrogen) atoms. The maximum absolute atomic E-state index is 12.7. The number of hydrazone groups is 1. The molecule has 1 atom stereocenters. The number of nitrogens with zero attached hydrogens (tertiary/aromatic N) is 6. The molecule has 0 saturated carbocycles. The van der Waals surface area contributed by atoms with Gasteiger partial charge in [-0.3, -0.25) is 14.7 Å². The van der Waals surface area contributed by atoms with Crippen molar-refractivity contribution in [3.05, 3.63) is 41.6 Å². The highest BCUT2D eigenvalue weighted by Gasteiger charge is 2.41. The van der Waals surface area contributed by atoms with Gasteiger partial charge in [-0.1, -0.05) is 20.8 Å². The number of hydrogen-bond acceptors (Lipinski definition) is 10. The van der Waals surface area contributed by atoms with Gasteiger partial charge in [-0.15, -0.1) is 0 Å². The number of carbonyl (C=O) groups excluding carboxylic acids is 1. The Labute approximate surface area is 235 Å². The highest BCUT2D eigenvalue weighted by molar-refractivity contribution is 6.43. The van der Waals surface area contributed by atoms with Crippen LogP contribution in [0.5, 0.6) is 11.5 Å². The zero-order valence-corrected chi connectivity index (χ0v) is 23.7. The fourth-order valence-electron chi connectivity index (χ4n) is 5.69. The van der Waals surface area contributed by atoms with Crippen LogP contribution < -0.4 is 15.5 Å². The quantitative estimate of drug-likeness (QED) is 0.453. The van der Waals surface area contributed by atoms with Crippen LogP contribution >= 0.6 is 0 Å². The third-order valence-corrected chi connectivity index (χ3v) is 8.14. The lowest BCUT2D eigenvalue weighted by Gasteiger charge is -2.35. The summed E-state index contributed by atoms with van der Waals surface area (Å²) in [6, 6.07) is 7.00. The smallest absolute Gasteiger partial charge is 0.286 e. The van der Waals surface area contributed by atoms with Crippen molar-refractivity contribution in [1.82, 2.24) is 14.9 Å². The SMILES string of the molecule is CC1CCN(CCN2N=C(C(N)=O)N(c3ccc(N4CCOCC4)nc3)C2c2cc(C(C)C)c(O)cc2O)CC1. The molecule has 1 aromatic heterocycles. The second kappa shape index (κ2) is 11.9. The van der Waals surface area contributed by atoms with Crippen molar-refractivity contribution in [3.8, 4) is 11.5 Å². The van der Waals surface area contributed by atoms with Gasteiger partial charge >= 0.3 is 0 Å². The highest BCUT2D eigenvalue weighted by atomic mass is 16.5. The summed E-state index contributed by atoms with van der Waals surface area (Å²) in [6.45, 7) is 12.4. The van der Waals surface area contributed by atoms with Gasteiger partial charge in [-0.25, -0.2) is 4.98 Å². The lowest BCUT2D eigenvalue weighted by molar-refractivity contribution is -0.112. The van der Waals surface area contributed by atoms with Gasteiger partial charge in [0.05, 0.1) is 31.6 Å². The normalized spacial score (nSPS) is 20.9. The number of likely N-dealkylation sites (tertiary alicyclic amines) is 1. The number of amides is 1. The highest BCUT2D eigenvalue weighted by Crippen LogP contribution is 2.42. The molecule has 216 valence electrons. The molecule has 4 N–H and O–H groups in total. The lowest BCUT2D eigenvalue weighted by Crippen LogP contribution is -2.43. The third kappa shape index (κ3) is 5.80. The first kappa shape index (κ1) is 28.0. The van der Waals surface area contributed by atoms with E-state index in [9.17, 15) is 15.0 Å². The molecule has 0 radical (unpaired) electrons. The number of anilines is 2. The fourth-order valence-corrected chi connectivity index (χ4v) is 5.69. The van der Waals surface area contributed by atoms with Gasteiger partial charge in [-0.2, -0.15) is 5.10 Å². The van der Waals surface area contributed by atoms with Crippen LogP contribution in [0.3, 0.4) is 0 Å². The number of phenols is 2. The number of piperidine rings is 1. The van der Waals surface area contributed by atoms with Crippen LogP contribution in [0.15, 0.2) is 35.6 Å². The van der Waals surface area contributed by atoms with E-state index in [0.29, 0.717) is 36.6 Å². The van der Waals surface area contributed by atoms with E-state index in [1.807, 2.05) is 31.0 Å². The Hall–Kier alpha value is -3.57. The van der Waals surface area contributed by atoms with Crippen molar-refractivity contribution in [3.63, 3.8) is 0 Å². The van der Waals surface area contributed by atoms with E-state index in [2.05, 4.69) is 16.7 Å². The molecule has 2 aromatic rings. The van der Waals surface area contributed by atoms with Crippen molar-refractivity contribution in [1.29, 1.82) is 0 Å². The zero-order chi connectivity index (χ0) is 28.4. The number of pyridine rings is 1. The Bertz CT molecular complexity index is 1220. The van der Waals surface area contributed by atoms with Crippen LogP contribution in [-0.2, 0) is 9.53 Å². The maximum Gasteiger partial charge on any atom is 0.286 e. The van der Waals surface area contributed by atoms with E-state index in [0.717, 1.165) is 57.3 Å². The summed E-state index contributed by atoms with van der Waals surface area (Å²) >= 11 is 0. The number of benzene rings is 1. The Morgan fingerprint density at radius 2 is 1.80 bits per heavy atom. The zero-order valence-electron chi connectivity index (χ0n) is 23.7. The summed E-state index contributed by atoms with van der Waals surface area (Å²) in [5.74, 6) is 0.933. The summed E-state index contributed by atoms with van der Waals surface area (Å²) < 4.78 is 5.46. The molecule has 1 unspecified atom stereocenters. The molecule has 3 aliphatic rings. The molecule has 3 aliphatic heterocycles. The molecule has 11 heteroatoms. The van der Waals surface area contributed by atoms with E-state index in [1.165, 1.54) is 6.07 Å². The largest absolute Gasteiger partial charge is 0.508 e. The Morgan fingerprint density at radius 3 is 2.42 bits per heavy atom. The minimum Gasteiger partial charge on any atom is -0.508 e. The van der Waals surface area contributed by atoms with E-state index >= 15 is 0 Å². The predicted octanol–water partition coefficient (Wildman–Crippen LogP) is 2.80. The van der Waals surface area contributed by atoms with Crippen molar-refractivity contribution in [2.75, 3.05) is 62.3 Å². The number of hydrogen-bond donors (Lipinski definition) is 3. The molecule has 5 rings (SSSR count). The number of phenolic OH excluding ortho intramolecular Hbond substituents is 2. The molecule has 4 heterocycles. The number of primary amides is 1. The molecule has 11 nitrogen and oxygen atoms in total. The molecule has 1 aromatic carbocycles. The number of aromatic nitrogens is 1. The van der Waals surface area contributed by atoms with Crippen molar-refractivity contribution in [2.24, 2.45) is 16.8 Å². The molecule has 2 fully saturated rings. The van der Waals surface area contributed by atoms with E-state index < -0.39 is 12.1 Å². The first-order valence-corrected chi connectivity index (χ1v) is 14.2. The second-order valence-electron chi connectivity index (χ2n) is 11.3. The minimum atomic E-state index is -0.668. The van der Waals surface area contributed by atoms with Gasteiger partial charge in [0.15, 0.2) is 6.17 Å². The Kier molecular flexibility index (Phi) is 8.32. The topological polar surface area (TPSA) is 131 Å². The van der Waals surface area contributed by atoms with Crippen LogP contribution in [0, 0.1) is 5.92 Å². The van der Waals surface area contributed by atoms with Crippen LogP contribution in [0.25, 0.3) is 0 Å². The Balaban J connectivity index is 1.51. The molecule has 1 amide bonds. The summed E-state index contributed by atoms with van der Waals surface area (Å²) in [5, 5.41) is 28.2. The fraction of sp³-hybridized carbons (Fsp3) is 0.552. The summed E-state index contributed by atoms with van der Waals surface area (Å²) in [5.41, 5.74) is 7.74. The monoisotopic (exact) mass is 551 g/mol. The molecule has 0 bridgehead atoms. The first-order chi connectivity index (χ1) is 19.2. The van der Waals surface area contributed by atoms with Crippen molar-refractivity contribution in [2.45, 2.75) is 45.7 Å². The van der Waals surface area contributed by atoms with Crippen LogP contribution in [0.1, 0.15) is 56.8 Å². The molecular weight excluding hydrogens is 510 g/mol. The van der Waals surface area contributed by atoms with Gasteiger partial charge in [0.1, 0.15) is 17.3 Å². The third-order valence-electron chi connectivity index (χ3n) is 8.14. The Morgan fingerprint density at radius 1 is 1.07 bits per heavy atom. The molecule has 2 saturated heterocycles. The van der Waals surface area contributed by atoms with Gasteiger partial charge in [0, 0.05) is 31.3 Å². The van der Waals surface area contributed by atoms with E-state index in [1.54, 1.807) is 17.2 Å². The number of morpholine rings is 1. The number of rotatable bonds is 8. The van der Waals surface area contributed by atoms with Crippen molar-refractivity contribution >= 4 is 23.2 Å². The number of aromatic hydroxyl groups is 2. The summed E-state index contributed by atoms with van der Waals surface area (Å²) in [7, 11) is 0. The number of amidine groups is 1. The number of ether oxygens (including phenoxy) is 1. The average Bonchev–Trinajstić information content (AvgIpc) is 3.33. The second-order valence-corrected chi connectivity index (χ2v) is 11.3. The lowest BCUT2D eigenvalue weighted by atomic mass is 9.97. The van der Waals surface area contributed by atoms with Crippen molar-refractivity contribution < 1.29 is 19.7 Å². The average molecular weight is 552 g/mol. The summed E-state index contributed by atoms with van der Waals surface area (Å²) in [6.07, 6.45) is 3.37. The molecule has 0 spiro atoms.